The molecule has 0 unspecified atom stereocenters. The second kappa shape index (κ2) is 4.52. The molecule has 4 heteroatoms. The van der Waals surface area contributed by atoms with Gasteiger partial charge < -0.3 is 4.74 Å². The van der Waals surface area contributed by atoms with Crippen LogP contribution in [0.5, 0.6) is 5.75 Å². The molecule has 0 spiro atoms. The van der Waals surface area contributed by atoms with Crippen LogP contribution in [0.25, 0.3) is 0 Å². The van der Waals surface area contributed by atoms with Gasteiger partial charge in [-0.1, -0.05) is 28.8 Å². The molecule has 0 radical (unpaired) electrons. The van der Waals surface area contributed by atoms with E-state index in [0.29, 0.717) is 0 Å². The highest BCUT2D eigenvalue weighted by atomic mass is 79.9. The van der Waals surface area contributed by atoms with Crippen molar-refractivity contribution in [3.8, 4) is 5.75 Å². The minimum atomic E-state index is -0.403. The Labute approximate surface area is 114 Å². The molecule has 0 aromatic heterocycles. The average Bonchev–Trinajstić information content (AvgIpc) is 2.97. The van der Waals surface area contributed by atoms with Crippen molar-refractivity contribution in [2.45, 2.75) is 37.6 Å². The summed E-state index contributed by atoms with van der Waals surface area (Å²) in [5.74, 6) is 0.944. The molecule has 1 aromatic carbocycles. The minimum absolute atomic E-state index is 0.403. The third kappa shape index (κ3) is 1.80. The Balaban J connectivity index is 2.18. The average molecular weight is 308 g/mol. The summed E-state index contributed by atoms with van der Waals surface area (Å²) < 4.78 is 6.79. The van der Waals surface area contributed by atoms with Crippen LogP contribution < -0.4 is 4.74 Å². The Morgan fingerprint density at radius 1 is 1.33 bits per heavy atom. The zero-order valence-electron chi connectivity index (χ0n) is 10.0. The molecule has 1 aliphatic carbocycles. The summed E-state index contributed by atoms with van der Waals surface area (Å²) in [5, 5.41) is 0. The zero-order chi connectivity index (χ0) is 12.6. The number of rotatable bonds is 2. The lowest BCUT2D eigenvalue weighted by Gasteiger charge is -2.25. The molecule has 1 aliphatic heterocycles. The van der Waals surface area contributed by atoms with Crippen molar-refractivity contribution in [3.63, 3.8) is 0 Å². The van der Waals surface area contributed by atoms with Crippen LogP contribution in [0.4, 0.5) is 0 Å². The van der Waals surface area contributed by atoms with Gasteiger partial charge in [0.15, 0.2) is 0 Å². The SMILES string of the molecule is O=C=NC1(c2cc(Br)cc3c2OCC3)CCCC1. The van der Waals surface area contributed by atoms with Crippen molar-refractivity contribution in [2.75, 3.05) is 6.61 Å². The summed E-state index contributed by atoms with van der Waals surface area (Å²) in [5.41, 5.74) is 1.87. The fourth-order valence-electron chi connectivity index (χ4n) is 3.10. The Kier molecular flexibility index (Phi) is 3.00. The molecule has 0 N–H and O–H groups in total. The highest BCUT2D eigenvalue weighted by Crippen LogP contribution is 2.48. The summed E-state index contributed by atoms with van der Waals surface area (Å²) >= 11 is 3.54. The van der Waals surface area contributed by atoms with Gasteiger partial charge in [0.25, 0.3) is 0 Å². The van der Waals surface area contributed by atoms with Crippen molar-refractivity contribution < 1.29 is 9.53 Å². The van der Waals surface area contributed by atoms with Crippen LogP contribution in [0.2, 0.25) is 0 Å². The Morgan fingerprint density at radius 3 is 2.83 bits per heavy atom. The van der Waals surface area contributed by atoms with E-state index in [0.717, 1.165) is 54.5 Å². The number of hydrogen-bond donors (Lipinski definition) is 0. The number of benzene rings is 1. The number of fused-ring (bicyclic) bond motifs is 1. The molecule has 18 heavy (non-hydrogen) atoms. The van der Waals surface area contributed by atoms with Gasteiger partial charge in [-0.25, -0.2) is 4.79 Å². The number of hydrogen-bond acceptors (Lipinski definition) is 3. The molecule has 0 saturated heterocycles. The van der Waals surface area contributed by atoms with Crippen molar-refractivity contribution >= 4 is 22.0 Å². The first kappa shape index (κ1) is 11.9. The largest absolute Gasteiger partial charge is 0.493 e. The standard InChI is InChI=1S/C14H14BrNO2/c15-11-7-10-3-6-18-13(10)12(8-11)14(16-9-17)4-1-2-5-14/h7-8H,1-6H2. The molecule has 0 atom stereocenters. The molecule has 1 saturated carbocycles. The predicted molar refractivity (Wildman–Crippen MR) is 71.6 cm³/mol. The van der Waals surface area contributed by atoms with Gasteiger partial charge in [0, 0.05) is 16.5 Å². The smallest absolute Gasteiger partial charge is 0.235 e. The van der Waals surface area contributed by atoms with E-state index in [1.807, 2.05) is 0 Å². The van der Waals surface area contributed by atoms with Gasteiger partial charge in [0.1, 0.15) is 11.3 Å². The maximum absolute atomic E-state index is 10.8. The molecular weight excluding hydrogens is 294 g/mol. The molecule has 0 amide bonds. The lowest BCUT2D eigenvalue weighted by molar-refractivity contribution is 0.339. The second-order valence-electron chi connectivity index (χ2n) is 4.98. The first-order valence-electron chi connectivity index (χ1n) is 6.30. The van der Waals surface area contributed by atoms with Crippen molar-refractivity contribution in [1.29, 1.82) is 0 Å². The number of ether oxygens (including phenoxy) is 1. The Bertz CT molecular complexity index is 529. The maximum atomic E-state index is 10.8. The lowest BCUT2D eigenvalue weighted by atomic mass is 9.87. The lowest BCUT2D eigenvalue weighted by Crippen LogP contribution is -2.20. The fourth-order valence-corrected chi connectivity index (χ4v) is 3.61. The minimum Gasteiger partial charge on any atom is -0.493 e. The fraction of sp³-hybridized carbons (Fsp3) is 0.500. The van der Waals surface area contributed by atoms with Gasteiger partial charge in [0.05, 0.1) is 6.61 Å². The van der Waals surface area contributed by atoms with E-state index in [4.69, 9.17) is 4.74 Å². The zero-order valence-corrected chi connectivity index (χ0v) is 11.6. The van der Waals surface area contributed by atoms with Gasteiger partial charge in [-0.05, 0) is 30.5 Å². The second-order valence-corrected chi connectivity index (χ2v) is 5.90. The predicted octanol–water partition coefficient (Wildman–Crippen LogP) is 3.49. The van der Waals surface area contributed by atoms with E-state index in [2.05, 4.69) is 33.1 Å². The topological polar surface area (TPSA) is 38.7 Å². The summed E-state index contributed by atoms with van der Waals surface area (Å²) in [4.78, 5) is 14.9. The molecule has 1 aromatic rings. The van der Waals surface area contributed by atoms with E-state index in [1.54, 1.807) is 6.08 Å². The highest BCUT2D eigenvalue weighted by Gasteiger charge is 2.39. The first-order valence-corrected chi connectivity index (χ1v) is 7.09. The van der Waals surface area contributed by atoms with Gasteiger partial charge >= 0.3 is 0 Å². The van der Waals surface area contributed by atoms with Crippen molar-refractivity contribution in [3.05, 3.63) is 27.7 Å². The summed E-state index contributed by atoms with van der Waals surface area (Å²) in [6.07, 6.45) is 6.73. The monoisotopic (exact) mass is 307 g/mol. The van der Waals surface area contributed by atoms with Crippen molar-refractivity contribution in [2.24, 2.45) is 4.99 Å². The molecule has 3 nitrogen and oxygen atoms in total. The van der Waals surface area contributed by atoms with Gasteiger partial charge in [-0.2, -0.15) is 4.99 Å². The van der Waals surface area contributed by atoms with Crippen LogP contribution in [0.3, 0.4) is 0 Å². The van der Waals surface area contributed by atoms with Crippen LogP contribution in [-0.4, -0.2) is 12.7 Å². The number of carbonyl (C=O) groups excluding carboxylic acids is 1. The van der Waals surface area contributed by atoms with Crippen LogP contribution in [0, 0.1) is 0 Å². The van der Waals surface area contributed by atoms with E-state index in [1.165, 1.54) is 5.56 Å². The van der Waals surface area contributed by atoms with Crippen LogP contribution in [-0.2, 0) is 16.8 Å². The van der Waals surface area contributed by atoms with Crippen LogP contribution >= 0.6 is 15.9 Å². The van der Waals surface area contributed by atoms with E-state index in [9.17, 15) is 4.79 Å². The van der Waals surface area contributed by atoms with Gasteiger partial charge in [-0.3, -0.25) is 0 Å². The number of aliphatic imine (C=N–C) groups is 1. The van der Waals surface area contributed by atoms with E-state index in [-0.39, 0.29) is 0 Å². The molecule has 2 aliphatic rings. The van der Waals surface area contributed by atoms with Gasteiger partial charge in [-0.15, -0.1) is 0 Å². The summed E-state index contributed by atoms with van der Waals surface area (Å²) in [6.45, 7) is 0.722. The molecule has 1 heterocycles. The molecular formula is C14H14BrNO2. The Hall–Kier alpha value is -1.12. The third-order valence-electron chi connectivity index (χ3n) is 3.94. The third-order valence-corrected chi connectivity index (χ3v) is 4.40. The summed E-state index contributed by atoms with van der Waals surface area (Å²) in [6, 6.07) is 4.15. The number of halogens is 1. The number of isocyanates is 1. The highest BCUT2D eigenvalue weighted by molar-refractivity contribution is 9.10. The van der Waals surface area contributed by atoms with E-state index < -0.39 is 5.54 Å². The molecule has 1 fully saturated rings. The summed E-state index contributed by atoms with van der Waals surface area (Å²) in [7, 11) is 0. The Morgan fingerprint density at radius 2 is 2.11 bits per heavy atom. The molecule has 0 bridgehead atoms. The number of nitrogens with zero attached hydrogens (tertiary/aromatic N) is 1. The van der Waals surface area contributed by atoms with E-state index >= 15 is 0 Å². The molecule has 94 valence electrons. The van der Waals surface area contributed by atoms with Gasteiger partial charge in [0.2, 0.25) is 6.08 Å². The van der Waals surface area contributed by atoms with Crippen LogP contribution in [0.1, 0.15) is 36.8 Å². The first-order chi connectivity index (χ1) is 8.75. The molecule has 3 rings (SSSR count). The maximum Gasteiger partial charge on any atom is 0.235 e. The quantitative estimate of drug-likeness (QED) is 0.619. The normalized spacial score (nSPS) is 20.1. The van der Waals surface area contributed by atoms with Crippen LogP contribution in [0.15, 0.2) is 21.6 Å². The van der Waals surface area contributed by atoms with Crippen molar-refractivity contribution in [1.82, 2.24) is 0 Å².